The fourth-order valence-electron chi connectivity index (χ4n) is 4.75. The number of benzene rings is 1. The van der Waals surface area contributed by atoms with Gasteiger partial charge in [0.2, 0.25) is 0 Å². The summed E-state index contributed by atoms with van der Waals surface area (Å²) in [5, 5.41) is 9.78. The second kappa shape index (κ2) is 11.4. The Balaban J connectivity index is 1.75. The third-order valence-electron chi connectivity index (χ3n) is 6.42. The summed E-state index contributed by atoms with van der Waals surface area (Å²) in [6.45, 7) is 7.76. The highest BCUT2D eigenvalue weighted by atomic mass is 35.5. The van der Waals surface area contributed by atoms with Crippen LogP contribution in [0.5, 0.6) is 0 Å². The lowest BCUT2D eigenvalue weighted by molar-refractivity contribution is -0.0407. The normalized spacial score (nSPS) is 16.6. The van der Waals surface area contributed by atoms with Crippen LogP contribution in [0.2, 0.25) is 5.02 Å². The molecule has 1 fully saturated rings. The Morgan fingerprint density at radius 3 is 2.76 bits per heavy atom. The van der Waals surface area contributed by atoms with E-state index in [0.717, 1.165) is 42.4 Å². The van der Waals surface area contributed by atoms with Gasteiger partial charge in [-0.2, -0.15) is 5.10 Å². The zero-order valence-corrected chi connectivity index (χ0v) is 23.2. The Bertz CT molecular complexity index is 1320. The molecule has 3 aromatic rings. The van der Waals surface area contributed by atoms with E-state index in [4.69, 9.17) is 26.2 Å². The van der Waals surface area contributed by atoms with Crippen LogP contribution in [0.25, 0.3) is 21.8 Å². The van der Waals surface area contributed by atoms with Crippen LogP contribution in [0, 0.1) is 0 Å². The van der Waals surface area contributed by atoms with E-state index in [2.05, 4.69) is 10.2 Å². The maximum atomic E-state index is 14.0. The van der Waals surface area contributed by atoms with Crippen molar-refractivity contribution in [3.8, 4) is 0 Å². The lowest BCUT2D eigenvalue weighted by atomic mass is 10.1. The van der Waals surface area contributed by atoms with Gasteiger partial charge in [-0.05, 0) is 78.7 Å². The molecule has 37 heavy (non-hydrogen) atoms. The molecule has 1 saturated heterocycles. The molecule has 0 saturated carbocycles. The second-order valence-electron chi connectivity index (χ2n) is 10.9. The third-order valence-corrected chi connectivity index (χ3v) is 6.66. The minimum absolute atomic E-state index is 0.0853. The number of hydrogen-bond donors (Lipinski definition) is 1. The molecule has 3 heterocycles. The first-order chi connectivity index (χ1) is 17.5. The number of ether oxygens (including phenoxy) is 2. The van der Waals surface area contributed by atoms with Crippen molar-refractivity contribution in [3.05, 3.63) is 39.3 Å². The van der Waals surface area contributed by atoms with Gasteiger partial charge in [0.1, 0.15) is 11.1 Å². The van der Waals surface area contributed by atoms with Gasteiger partial charge in [0.15, 0.2) is 6.23 Å². The maximum Gasteiger partial charge on any atom is 0.407 e. The Kier molecular flexibility index (Phi) is 8.46. The van der Waals surface area contributed by atoms with E-state index in [0.29, 0.717) is 48.5 Å². The van der Waals surface area contributed by atoms with Crippen LogP contribution in [0.4, 0.5) is 4.79 Å². The first-order valence-electron chi connectivity index (χ1n) is 13.0. The summed E-state index contributed by atoms with van der Waals surface area (Å²) in [7, 11) is 4.04. The molecule has 1 aliphatic rings. The number of halogens is 1. The number of hydrogen-bond acceptors (Lipinski definition) is 6. The van der Waals surface area contributed by atoms with Crippen molar-refractivity contribution in [2.45, 2.75) is 71.2 Å². The molecule has 1 aliphatic heterocycles. The van der Waals surface area contributed by atoms with Gasteiger partial charge in [0.25, 0.3) is 5.56 Å². The van der Waals surface area contributed by atoms with Gasteiger partial charge in [-0.3, -0.25) is 4.79 Å². The zero-order chi connectivity index (χ0) is 26.7. The molecular weight excluding hydrogens is 494 g/mol. The van der Waals surface area contributed by atoms with Crippen molar-refractivity contribution in [3.63, 3.8) is 0 Å². The monoisotopic (exact) mass is 531 g/mol. The average Bonchev–Trinajstić information content (AvgIpc) is 3.22. The molecule has 2 aromatic heterocycles. The van der Waals surface area contributed by atoms with Crippen LogP contribution in [-0.2, 0) is 22.4 Å². The summed E-state index contributed by atoms with van der Waals surface area (Å²) >= 11 is 6.41. The van der Waals surface area contributed by atoms with Crippen molar-refractivity contribution in [2.24, 2.45) is 0 Å². The summed E-state index contributed by atoms with van der Waals surface area (Å²) in [6, 6.07) is 5.54. The lowest BCUT2D eigenvalue weighted by Crippen LogP contribution is -2.33. The molecule has 1 amide bonds. The molecule has 1 atom stereocenters. The molecular formula is C27H38ClN5O4. The van der Waals surface area contributed by atoms with Crippen LogP contribution in [0.3, 0.4) is 0 Å². The molecule has 1 unspecified atom stereocenters. The third kappa shape index (κ3) is 6.45. The smallest absolute Gasteiger partial charge is 0.407 e. The quantitative estimate of drug-likeness (QED) is 0.423. The molecule has 4 rings (SSSR count). The van der Waals surface area contributed by atoms with Gasteiger partial charge in [-0.15, -0.1) is 0 Å². The van der Waals surface area contributed by atoms with E-state index in [9.17, 15) is 9.59 Å². The van der Waals surface area contributed by atoms with E-state index < -0.39 is 11.7 Å². The van der Waals surface area contributed by atoms with Gasteiger partial charge >= 0.3 is 6.09 Å². The molecule has 10 heteroatoms. The number of carbonyl (C=O) groups is 1. The number of likely N-dealkylation sites (N-methyl/N-ethyl adjacent to an activating group) is 1. The first-order valence-corrected chi connectivity index (χ1v) is 13.4. The van der Waals surface area contributed by atoms with E-state index in [-0.39, 0.29) is 11.8 Å². The largest absolute Gasteiger partial charge is 0.444 e. The van der Waals surface area contributed by atoms with Crippen LogP contribution < -0.4 is 10.9 Å². The van der Waals surface area contributed by atoms with Crippen LogP contribution in [0.15, 0.2) is 23.0 Å². The summed E-state index contributed by atoms with van der Waals surface area (Å²) in [4.78, 5) is 28.2. The number of rotatable bonds is 8. The Morgan fingerprint density at radius 2 is 2.08 bits per heavy atom. The van der Waals surface area contributed by atoms with Crippen molar-refractivity contribution in [2.75, 3.05) is 33.8 Å². The molecule has 9 nitrogen and oxygen atoms in total. The van der Waals surface area contributed by atoms with Gasteiger partial charge in [-0.25, -0.2) is 9.48 Å². The molecule has 202 valence electrons. The molecule has 0 radical (unpaired) electrons. The van der Waals surface area contributed by atoms with E-state index >= 15 is 0 Å². The topological polar surface area (TPSA) is 90.6 Å². The van der Waals surface area contributed by atoms with Crippen molar-refractivity contribution < 1.29 is 14.3 Å². The predicted molar refractivity (Wildman–Crippen MR) is 146 cm³/mol. The van der Waals surface area contributed by atoms with Gasteiger partial charge < -0.3 is 24.3 Å². The molecule has 1 aromatic carbocycles. The molecule has 0 bridgehead atoms. The van der Waals surface area contributed by atoms with E-state index in [1.165, 1.54) is 0 Å². The van der Waals surface area contributed by atoms with Crippen molar-refractivity contribution >= 4 is 39.5 Å². The number of fused-ring (bicyclic) bond motifs is 3. The van der Waals surface area contributed by atoms with Gasteiger partial charge in [0.05, 0.1) is 16.6 Å². The van der Waals surface area contributed by atoms with Crippen LogP contribution in [-0.4, -0.2) is 64.7 Å². The summed E-state index contributed by atoms with van der Waals surface area (Å²) in [5.41, 5.74) is 1.68. The van der Waals surface area contributed by atoms with Crippen molar-refractivity contribution in [1.82, 2.24) is 24.6 Å². The summed E-state index contributed by atoms with van der Waals surface area (Å²) < 4.78 is 15.1. The SMILES string of the molecule is CN(C)CCc1c2c(=O)n(CCCNC(=O)OC(C)(C)C)c3ccc(Cl)cc3c2nn1C1CCCCO1. The number of nitrogens with zero attached hydrogens (tertiary/aromatic N) is 4. The molecule has 1 N–H and O–H groups in total. The number of nitrogens with one attached hydrogen (secondary N) is 1. The number of pyridine rings is 1. The Labute approximate surface area is 222 Å². The fourth-order valence-corrected chi connectivity index (χ4v) is 4.92. The molecule has 0 spiro atoms. The minimum atomic E-state index is -0.563. The summed E-state index contributed by atoms with van der Waals surface area (Å²) in [5.74, 6) is 0. The van der Waals surface area contributed by atoms with E-state index in [1.807, 2.05) is 51.7 Å². The highest BCUT2D eigenvalue weighted by Crippen LogP contribution is 2.31. The van der Waals surface area contributed by atoms with Crippen molar-refractivity contribution in [1.29, 1.82) is 0 Å². The first kappa shape index (κ1) is 27.4. The average molecular weight is 532 g/mol. The van der Waals surface area contributed by atoms with Gasteiger partial charge in [-0.1, -0.05) is 11.6 Å². The highest BCUT2D eigenvalue weighted by Gasteiger charge is 2.26. The number of aryl methyl sites for hydroxylation is 1. The zero-order valence-electron chi connectivity index (χ0n) is 22.5. The van der Waals surface area contributed by atoms with Crippen LogP contribution in [0.1, 0.15) is 58.4 Å². The van der Waals surface area contributed by atoms with E-state index in [1.54, 1.807) is 10.6 Å². The highest BCUT2D eigenvalue weighted by molar-refractivity contribution is 6.31. The Hall–Kier alpha value is -2.62. The maximum absolute atomic E-state index is 14.0. The molecule has 0 aliphatic carbocycles. The minimum Gasteiger partial charge on any atom is -0.444 e. The number of amides is 1. The number of alkyl carbamates (subject to hydrolysis) is 1. The number of carbonyl (C=O) groups excluding carboxylic acids is 1. The fraction of sp³-hybridized carbons (Fsp3) is 0.593. The lowest BCUT2D eigenvalue weighted by Gasteiger charge is -2.25. The second-order valence-corrected chi connectivity index (χ2v) is 11.3. The number of aromatic nitrogens is 3. The van der Waals surface area contributed by atoms with Crippen LogP contribution >= 0.6 is 11.6 Å². The standard InChI is InChI=1S/C27H38ClN5O4/c1-27(2,3)37-26(35)29-13-8-14-32-20-11-10-18(28)17-19(20)24-23(25(32)34)21(12-15-31(4)5)33(30-24)22-9-6-7-16-36-22/h10-11,17,22H,6-9,12-16H2,1-5H3,(H,29,35). The van der Waals surface area contributed by atoms with Gasteiger partial charge in [0, 0.05) is 43.1 Å². The Morgan fingerprint density at radius 1 is 1.30 bits per heavy atom. The predicted octanol–water partition coefficient (Wildman–Crippen LogP) is 4.72. The summed E-state index contributed by atoms with van der Waals surface area (Å²) in [6.07, 6.45) is 3.56.